The summed E-state index contributed by atoms with van der Waals surface area (Å²) in [6.07, 6.45) is 1.06. The fourth-order valence-electron chi connectivity index (χ4n) is 1.54. The highest BCUT2D eigenvalue weighted by atomic mass is 16.6. The van der Waals surface area contributed by atoms with Crippen molar-refractivity contribution >= 4 is 11.7 Å². The Morgan fingerprint density at radius 2 is 2.05 bits per heavy atom. The molecule has 0 unspecified atom stereocenters. The number of carboxylic acid groups (broad SMARTS) is 1. The van der Waals surface area contributed by atoms with Gasteiger partial charge in [-0.15, -0.1) is 0 Å². The van der Waals surface area contributed by atoms with Gasteiger partial charge < -0.3 is 14.6 Å². The van der Waals surface area contributed by atoms with Crippen LogP contribution in [0.15, 0.2) is 36.5 Å². The van der Waals surface area contributed by atoms with E-state index >= 15 is 0 Å². The van der Waals surface area contributed by atoms with Crippen molar-refractivity contribution in [3.05, 3.63) is 52.2 Å². The van der Waals surface area contributed by atoms with Crippen LogP contribution >= 0.6 is 0 Å². The van der Waals surface area contributed by atoms with Crippen molar-refractivity contribution in [2.24, 2.45) is 0 Å². The Bertz CT molecular complexity index is 684. The number of nitro groups is 1. The molecule has 0 amide bonds. The van der Waals surface area contributed by atoms with Gasteiger partial charge in [0.25, 0.3) is 5.69 Å². The molecule has 0 saturated heterocycles. The average molecular weight is 290 g/mol. The molecule has 108 valence electrons. The highest BCUT2D eigenvalue weighted by Gasteiger charge is 2.12. The summed E-state index contributed by atoms with van der Waals surface area (Å²) >= 11 is 0. The van der Waals surface area contributed by atoms with Crippen LogP contribution in [0.5, 0.6) is 17.4 Å². The van der Waals surface area contributed by atoms with Crippen molar-refractivity contribution in [2.75, 3.05) is 7.11 Å². The summed E-state index contributed by atoms with van der Waals surface area (Å²) in [7, 11) is 1.37. The number of rotatable bonds is 5. The first kappa shape index (κ1) is 14.3. The van der Waals surface area contributed by atoms with Crippen LogP contribution in [0.4, 0.5) is 5.69 Å². The summed E-state index contributed by atoms with van der Waals surface area (Å²) in [5.74, 6) is -0.491. The average Bonchev–Trinajstić information content (AvgIpc) is 2.48. The smallest absolute Gasteiger partial charge is 0.335 e. The zero-order valence-electron chi connectivity index (χ0n) is 10.8. The third-order valence-corrected chi connectivity index (χ3v) is 2.56. The predicted octanol–water partition coefficient (Wildman–Crippen LogP) is 2.49. The normalized spacial score (nSPS) is 9.95. The molecule has 8 nitrogen and oxygen atoms in total. The maximum absolute atomic E-state index is 10.9. The number of carbonyl (C=O) groups is 1. The van der Waals surface area contributed by atoms with Gasteiger partial charge >= 0.3 is 5.97 Å². The molecule has 1 aromatic heterocycles. The second-order valence-electron chi connectivity index (χ2n) is 3.88. The Morgan fingerprint density at radius 3 is 2.57 bits per heavy atom. The fourth-order valence-corrected chi connectivity index (χ4v) is 1.54. The first-order valence-corrected chi connectivity index (χ1v) is 5.71. The number of aromatic carboxylic acids is 1. The minimum absolute atomic E-state index is 0.0517. The highest BCUT2D eigenvalue weighted by Crippen LogP contribution is 2.31. The van der Waals surface area contributed by atoms with Crippen molar-refractivity contribution in [3.8, 4) is 17.4 Å². The number of hydrogen-bond acceptors (Lipinski definition) is 6. The molecule has 8 heteroatoms. The molecule has 0 aliphatic rings. The van der Waals surface area contributed by atoms with Gasteiger partial charge in [-0.05, 0) is 18.2 Å². The largest absolute Gasteiger partial charge is 0.493 e. The lowest BCUT2D eigenvalue weighted by Crippen LogP contribution is -1.99. The molecular weight excluding hydrogens is 280 g/mol. The topological polar surface area (TPSA) is 112 Å². The molecular formula is C13H10N2O6. The van der Waals surface area contributed by atoms with E-state index in [1.54, 1.807) is 0 Å². The molecule has 0 spiro atoms. The number of pyridine rings is 1. The van der Waals surface area contributed by atoms with Crippen LogP contribution in [-0.2, 0) is 0 Å². The zero-order valence-corrected chi connectivity index (χ0v) is 10.8. The minimum atomic E-state index is -1.09. The molecule has 2 rings (SSSR count). The maximum Gasteiger partial charge on any atom is 0.335 e. The van der Waals surface area contributed by atoms with E-state index in [0.717, 1.165) is 6.20 Å². The SMILES string of the molecule is COc1cc(C(=O)O)ccc1Oc1ccc([N+](=O)[O-])cn1. The zero-order chi connectivity index (χ0) is 15.4. The number of nitrogens with zero attached hydrogens (tertiary/aromatic N) is 2. The second-order valence-corrected chi connectivity index (χ2v) is 3.88. The molecule has 2 aromatic rings. The fraction of sp³-hybridized carbons (Fsp3) is 0.0769. The molecule has 21 heavy (non-hydrogen) atoms. The number of carboxylic acids is 1. The predicted molar refractivity (Wildman–Crippen MR) is 70.9 cm³/mol. The van der Waals surface area contributed by atoms with Crippen molar-refractivity contribution in [2.45, 2.75) is 0 Å². The monoisotopic (exact) mass is 290 g/mol. The molecule has 1 N–H and O–H groups in total. The van der Waals surface area contributed by atoms with Gasteiger partial charge in [0.2, 0.25) is 5.88 Å². The molecule has 0 aliphatic carbocycles. The summed E-state index contributed by atoms with van der Waals surface area (Å²) in [4.78, 5) is 24.6. The van der Waals surface area contributed by atoms with E-state index < -0.39 is 10.9 Å². The first-order valence-electron chi connectivity index (χ1n) is 5.71. The Labute approximate surface area is 118 Å². The van der Waals surface area contributed by atoms with E-state index in [4.69, 9.17) is 14.6 Å². The van der Waals surface area contributed by atoms with Gasteiger partial charge in [-0.25, -0.2) is 9.78 Å². The highest BCUT2D eigenvalue weighted by molar-refractivity contribution is 5.88. The van der Waals surface area contributed by atoms with Gasteiger partial charge in [-0.1, -0.05) is 0 Å². The van der Waals surface area contributed by atoms with Crippen molar-refractivity contribution in [1.82, 2.24) is 4.98 Å². The number of benzene rings is 1. The van der Waals surface area contributed by atoms with E-state index in [9.17, 15) is 14.9 Å². The number of hydrogen-bond donors (Lipinski definition) is 1. The summed E-state index contributed by atoms with van der Waals surface area (Å²) in [6, 6.07) is 6.67. The summed E-state index contributed by atoms with van der Waals surface area (Å²) < 4.78 is 10.5. The Morgan fingerprint density at radius 1 is 1.29 bits per heavy atom. The van der Waals surface area contributed by atoms with Gasteiger partial charge in [-0.2, -0.15) is 0 Å². The molecule has 1 heterocycles. The third kappa shape index (κ3) is 3.24. The summed E-state index contributed by atoms with van der Waals surface area (Å²) in [5, 5.41) is 19.4. The quantitative estimate of drug-likeness (QED) is 0.664. The van der Waals surface area contributed by atoms with Crippen molar-refractivity contribution in [3.63, 3.8) is 0 Å². The maximum atomic E-state index is 10.9. The van der Waals surface area contributed by atoms with Crippen LogP contribution in [0.25, 0.3) is 0 Å². The third-order valence-electron chi connectivity index (χ3n) is 2.56. The molecule has 0 atom stereocenters. The van der Waals surface area contributed by atoms with E-state index in [-0.39, 0.29) is 28.6 Å². The van der Waals surface area contributed by atoms with Crippen LogP contribution in [0.3, 0.4) is 0 Å². The van der Waals surface area contributed by atoms with Gasteiger partial charge in [0, 0.05) is 12.1 Å². The van der Waals surface area contributed by atoms with Crippen LogP contribution < -0.4 is 9.47 Å². The van der Waals surface area contributed by atoms with E-state index in [1.807, 2.05) is 0 Å². The van der Waals surface area contributed by atoms with E-state index in [1.165, 1.54) is 37.4 Å². The van der Waals surface area contributed by atoms with Gasteiger partial charge in [0.05, 0.1) is 17.6 Å². The Balaban J connectivity index is 2.26. The van der Waals surface area contributed by atoms with E-state index in [0.29, 0.717) is 0 Å². The molecule has 0 saturated carbocycles. The van der Waals surface area contributed by atoms with Gasteiger partial charge in [-0.3, -0.25) is 10.1 Å². The van der Waals surface area contributed by atoms with Crippen LogP contribution in [0, 0.1) is 10.1 Å². The lowest BCUT2D eigenvalue weighted by Gasteiger charge is -2.10. The van der Waals surface area contributed by atoms with Crippen molar-refractivity contribution in [1.29, 1.82) is 0 Å². The standard InChI is InChI=1S/C13H10N2O6/c1-20-11-6-8(13(16)17)2-4-10(11)21-12-5-3-9(7-14-12)15(18)19/h2-7H,1H3,(H,16,17). The van der Waals surface area contributed by atoms with E-state index in [2.05, 4.69) is 4.98 Å². The van der Waals surface area contributed by atoms with Crippen molar-refractivity contribution < 1.29 is 24.3 Å². The molecule has 0 fully saturated rings. The number of aromatic nitrogens is 1. The van der Waals surface area contributed by atoms with Gasteiger partial charge in [0.15, 0.2) is 11.5 Å². The summed E-state index contributed by atoms with van der Waals surface area (Å²) in [5.41, 5.74) is -0.105. The molecule has 0 aliphatic heterocycles. The Hall–Kier alpha value is -3.16. The number of ether oxygens (including phenoxy) is 2. The molecule has 0 radical (unpaired) electrons. The Kier molecular flexibility index (Phi) is 3.98. The number of methoxy groups -OCH3 is 1. The minimum Gasteiger partial charge on any atom is -0.493 e. The van der Waals surface area contributed by atoms with Crippen LogP contribution in [0.1, 0.15) is 10.4 Å². The lowest BCUT2D eigenvalue weighted by atomic mass is 10.2. The molecule has 1 aromatic carbocycles. The van der Waals surface area contributed by atoms with Gasteiger partial charge in [0.1, 0.15) is 6.20 Å². The second kappa shape index (κ2) is 5.87. The van der Waals surface area contributed by atoms with Crippen LogP contribution in [0.2, 0.25) is 0 Å². The summed E-state index contributed by atoms with van der Waals surface area (Å²) in [6.45, 7) is 0. The first-order chi connectivity index (χ1) is 10.0. The lowest BCUT2D eigenvalue weighted by molar-refractivity contribution is -0.385. The molecule has 0 bridgehead atoms. The van der Waals surface area contributed by atoms with Crippen LogP contribution in [-0.4, -0.2) is 28.1 Å².